The molecule has 0 saturated heterocycles. The van der Waals surface area contributed by atoms with E-state index in [1.54, 1.807) is 0 Å². The summed E-state index contributed by atoms with van der Waals surface area (Å²) in [6.07, 6.45) is -33.9. The topological polar surface area (TPSA) is 0 Å². The Morgan fingerprint density at radius 2 is 0.312 bits per heavy atom. The van der Waals surface area contributed by atoms with Gasteiger partial charge < -0.3 is 0 Å². The summed E-state index contributed by atoms with van der Waals surface area (Å²) < 4.78 is 278. The molecule has 0 radical (unpaired) electrons. The van der Waals surface area contributed by atoms with Crippen LogP contribution in [0.4, 0.5) is 96.6 Å². The molecular weight excluding hydrogens is 538 g/mol. The van der Waals surface area contributed by atoms with Crippen molar-refractivity contribution >= 4 is 0 Å². The number of halogens is 22. The highest BCUT2D eigenvalue weighted by Gasteiger charge is 3.00. The molecule has 0 spiro atoms. The first-order chi connectivity index (χ1) is 13.2. The molecule has 0 heterocycles. The molecule has 0 rings (SSSR count). The fourth-order valence-corrected chi connectivity index (χ4v) is 1.86. The smallest absolute Gasteiger partial charge is 0.216 e. The second-order valence-corrected chi connectivity index (χ2v) is 5.61. The Morgan fingerprint density at radius 3 is 0.406 bits per heavy atom. The molecule has 0 bridgehead atoms. The first-order valence-corrected chi connectivity index (χ1v) is 6.41. The van der Waals surface area contributed by atoms with E-state index in [1.807, 2.05) is 0 Å². The molecule has 0 unspecified atom stereocenters. The van der Waals surface area contributed by atoms with Crippen LogP contribution >= 0.6 is 0 Å². The molecule has 0 aromatic carbocycles. The number of alkyl halides is 22. The van der Waals surface area contributed by atoms with Crippen LogP contribution in [0.3, 0.4) is 0 Å². The Hall–Kier alpha value is -1.54. The Bertz CT molecular complexity index is 591. The highest BCUT2D eigenvalue weighted by atomic mass is 19.4. The normalized spacial score (nSPS) is 17.1. The molecule has 0 nitrogen and oxygen atoms in total. The van der Waals surface area contributed by atoms with Gasteiger partial charge in [0.25, 0.3) is 0 Å². The van der Waals surface area contributed by atoms with Crippen molar-refractivity contribution in [3.8, 4) is 0 Å². The van der Waals surface area contributed by atoms with Gasteiger partial charge in [-0.2, -0.15) is 87.8 Å². The van der Waals surface area contributed by atoms with Crippen molar-refractivity contribution in [2.45, 2.75) is 59.7 Å². The van der Waals surface area contributed by atoms with Gasteiger partial charge >= 0.3 is 59.7 Å². The van der Waals surface area contributed by atoms with Crippen molar-refractivity contribution in [1.29, 1.82) is 0 Å². The van der Waals surface area contributed by atoms with Crippen LogP contribution < -0.4 is 0 Å². The predicted molar refractivity (Wildman–Crippen MR) is 51.7 cm³/mol. The molecule has 0 saturated carbocycles. The van der Waals surface area contributed by atoms with Crippen LogP contribution in [0.1, 0.15) is 0 Å². The molecule has 0 aliphatic rings. The Morgan fingerprint density at radius 1 is 0.188 bits per heavy atom. The minimum Gasteiger partial charge on any atom is -0.216 e. The molecule has 0 aromatic rings. The van der Waals surface area contributed by atoms with E-state index in [2.05, 4.69) is 0 Å². The van der Waals surface area contributed by atoms with Crippen molar-refractivity contribution < 1.29 is 96.6 Å². The molecule has 0 amide bonds. The highest BCUT2D eigenvalue weighted by molar-refractivity contribution is 5.21. The average molecular weight is 538 g/mol. The van der Waals surface area contributed by atoms with Crippen LogP contribution in [0, 0.1) is 0 Å². The maximum absolute atomic E-state index is 13.2. The quantitative estimate of drug-likeness (QED) is 0.325. The zero-order valence-electron chi connectivity index (χ0n) is 13.3. The van der Waals surface area contributed by atoms with E-state index in [4.69, 9.17) is 0 Å². The third-order valence-corrected chi connectivity index (χ3v) is 3.61. The van der Waals surface area contributed by atoms with E-state index < -0.39 is 59.7 Å². The second kappa shape index (κ2) is 6.98. The fourth-order valence-electron chi connectivity index (χ4n) is 1.86. The van der Waals surface area contributed by atoms with Crippen molar-refractivity contribution in [2.75, 3.05) is 0 Å². The minimum atomic E-state index is -9.41. The molecule has 0 aliphatic heterocycles. The molecule has 0 aliphatic carbocycles. The summed E-state index contributed by atoms with van der Waals surface area (Å²) in [5.41, 5.74) is -17.9. The van der Waals surface area contributed by atoms with Crippen LogP contribution in [0.2, 0.25) is 0 Å². The van der Waals surface area contributed by atoms with E-state index in [-0.39, 0.29) is 0 Å². The fraction of sp³-hybridized carbons (Fsp3) is 1.00. The summed E-state index contributed by atoms with van der Waals surface area (Å²) in [5.74, 6) is -37.4. The molecule has 0 atom stereocenters. The van der Waals surface area contributed by atoms with Gasteiger partial charge in [0, 0.05) is 0 Å². The molecular formula is C10F22. The lowest BCUT2D eigenvalue weighted by atomic mass is 9.81. The van der Waals surface area contributed by atoms with E-state index in [9.17, 15) is 96.6 Å². The van der Waals surface area contributed by atoms with Gasteiger partial charge in [0.1, 0.15) is 0 Å². The third kappa shape index (κ3) is 3.40. The van der Waals surface area contributed by atoms with Crippen molar-refractivity contribution in [3.05, 3.63) is 0 Å². The highest BCUT2D eigenvalue weighted by Crippen LogP contribution is 2.67. The standard InChI is InChI=1S/C10F22/c11-1(7(21,22)23,8(24,25)26)3(13,14)5(17,18)6(19,20)4(15,16)2(12,9(27,28)29)10(30,31)32. The van der Waals surface area contributed by atoms with Crippen molar-refractivity contribution in [1.82, 2.24) is 0 Å². The molecule has 32 heavy (non-hydrogen) atoms. The Kier molecular flexibility index (Phi) is 6.65. The van der Waals surface area contributed by atoms with Crippen LogP contribution in [-0.4, -0.2) is 59.7 Å². The van der Waals surface area contributed by atoms with Gasteiger partial charge in [-0.15, -0.1) is 0 Å². The summed E-state index contributed by atoms with van der Waals surface area (Å²) >= 11 is 0. The van der Waals surface area contributed by atoms with E-state index in [0.29, 0.717) is 0 Å². The van der Waals surface area contributed by atoms with Crippen LogP contribution in [-0.2, 0) is 0 Å². The van der Waals surface area contributed by atoms with E-state index in [1.165, 1.54) is 0 Å². The Labute approximate surface area is 158 Å². The molecule has 0 fully saturated rings. The van der Waals surface area contributed by atoms with Crippen LogP contribution in [0.25, 0.3) is 0 Å². The van der Waals surface area contributed by atoms with E-state index >= 15 is 0 Å². The van der Waals surface area contributed by atoms with Crippen LogP contribution in [0.15, 0.2) is 0 Å². The van der Waals surface area contributed by atoms with E-state index in [0.717, 1.165) is 0 Å². The average Bonchev–Trinajstić information content (AvgIpc) is 2.47. The molecule has 194 valence electrons. The summed E-state index contributed by atoms with van der Waals surface area (Å²) in [6.45, 7) is 0. The lowest BCUT2D eigenvalue weighted by Crippen LogP contribution is -2.79. The zero-order valence-corrected chi connectivity index (χ0v) is 13.3. The monoisotopic (exact) mass is 538 g/mol. The maximum Gasteiger partial charge on any atom is 0.438 e. The van der Waals surface area contributed by atoms with Gasteiger partial charge in [-0.1, -0.05) is 0 Å². The largest absolute Gasteiger partial charge is 0.438 e. The van der Waals surface area contributed by atoms with Gasteiger partial charge in [0.05, 0.1) is 0 Å². The van der Waals surface area contributed by atoms with Crippen molar-refractivity contribution in [3.63, 3.8) is 0 Å². The molecule has 22 heteroatoms. The summed E-state index contributed by atoms with van der Waals surface area (Å²) in [7, 11) is 0. The van der Waals surface area contributed by atoms with Gasteiger partial charge in [-0.3, -0.25) is 0 Å². The minimum absolute atomic E-state index is 8.47. The predicted octanol–water partition coefficient (Wildman–Crippen LogP) is 7.19. The summed E-state index contributed by atoms with van der Waals surface area (Å²) in [5, 5.41) is 0. The second-order valence-electron chi connectivity index (χ2n) is 5.61. The lowest BCUT2D eigenvalue weighted by Gasteiger charge is -2.46. The van der Waals surface area contributed by atoms with Crippen molar-refractivity contribution in [2.24, 2.45) is 0 Å². The zero-order chi connectivity index (χ0) is 27.0. The van der Waals surface area contributed by atoms with Gasteiger partial charge in [0.15, 0.2) is 0 Å². The van der Waals surface area contributed by atoms with Gasteiger partial charge in [-0.05, 0) is 0 Å². The number of hydrogen-bond donors (Lipinski definition) is 0. The van der Waals surface area contributed by atoms with Gasteiger partial charge in [-0.25, -0.2) is 8.78 Å². The molecule has 0 aromatic heterocycles. The van der Waals surface area contributed by atoms with Gasteiger partial charge in [0.2, 0.25) is 0 Å². The number of hydrogen-bond acceptors (Lipinski definition) is 0. The first kappa shape index (κ1) is 30.5. The summed E-state index contributed by atoms with van der Waals surface area (Å²) in [6, 6.07) is 0. The summed E-state index contributed by atoms with van der Waals surface area (Å²) in [4.78, 5) is 0. The number of rotatable bonds is 5. The third-order valence-electron chi connectivity index (χ3n) is 3.61. The molecule has 0 N–H and O–H groups in total. The first-order valence-electron chi connectivity index (χ1n) is 6.41. The SMILES string of the molecule is FC(F)(F)C(F)(C(F)(F)F)C(F)(F)C(F)(F)C(F)(F)C(F)(F)C(F)(C(F)(F)F)C(F)(F)F. The maximum atomic E-state index is 13.2. The Balaban J connectivity index is 7.39. The van der Waals surface area contributed by atoms with Crippen LogP contribution in [0.5, 0.6) is 0 Å². The lowest BCUT2D eigenvalue weighted by molar-refractivity contribution is -0.484.